The fourth-order valence-corrected chi connectivity index (χ4v) is 3.83. The highest BCUT2D eigenvalue weighted by Crippen LogP contribution is 2.44. The van der Waals surface area contributed by atoms with Crippen LogP contribution in [0.1, 0.15) is 37.4 Å². The molecule has 0 aliphatic carbocycles. The molecule has 0 saturated carbocycles. The number of nitrogens with zero attached hydrogens (tertiary/aromatic N) is 1. The van der Waals surface area contributed by atoms with Gasteiger partial charge >= 0.3 is 0 Å². The SMILES string of the molecule is Cc1ccc2c(c1)C(NC(=O)c1ccc(C=O)cc1)(c1ccccc1)C(=O)N2C. The molecule has 0 spiro atoms. The molecule has 3 aromatic rings. The molecule has 0 saturated heterocycles. The summed E-state index contributed by atoms with van der Waals surface area (Å²) in [5.41, 5.74) is 2.74. The van der Waals surface area contributed by atoms with Crippen LogP contribution in [0.5, 0.6) is 0 Å². The van der Waals surface area contributed by atoms with Crippen molar-refractivity contribution in [2.45, 2.75) is 12.5 Å². The van der Waals surface area contributed by atoms with Crippen molar-refractivity contribution in [3.63, 3.8) is 0 Å². The van der Waals surface area contributed by atoms with E-state index in [1.54, 1.807) is 36.2 Å². The second kappa shape index (κ2) is 7.02. The number of aryl methyl sites for hydroxylation is 1. The van der Waals surface area contributed by atoms with E-state index in [-0.39, 0.29) is 11.8 Å². The molecule has 0 fully saturated rings. The Bertz CT molecular complexity index is 1110. The van der Waals surface area contributed by atoms with Crippen LogP contribution in [0.4, 0.5) is 5.69 Å². The lowest BCUT2D eigenvalue weighted by Gasteiger charge is -2.30. The van der Waals surface area contributed by atoms with Crippen LogP contribution in [0.2, 0.25) is 0 Å². The zero-order chi connectivity index (χ0) is 20.6. The number of benzene rings is 3. The van der Waals surface area contributed by atoms with Crippen molar-refractivity contribution >= 4 is 23.8 Å². The Kier molecular flexibility index (Phi) is 4.51. The summed E-state index contributed by atoms with van der Waals surface area (Å²) < 4.78 is 0. The molecule has 0 bridgehead atoms. The van der Waals surface area contributed by atoms with E-state index in [0.29, 0.717) is 16.7 Å². The third-order valence-corrected chi connectivity index (χ3v) is 5.36. The van der Waals surface area contributed by atoms with Crippen LogP contribution in [0.25, 0.3) is 0 Å². The monoisotopic (exact) mass is 384 g/mol. The van der Waals surface area contributed by atoms with E-state index in [1.165, 1.54) is 0 Å². The summed E-state index contributed by atoms with van der Waals surface area (Å²) in [5.74, 6) is -0.607. The predicted octanol–water partition coefficient (Wildman–Crippen LogP) is 3.46. The molecule has 3 aromatic carbocycles. The van der Waals surface area contributed by atoms with E-state index >= 15 is 0 Å². The molecule has 5 heteroatoms. The van der Waals surface area contributed by atoms with Gasteiger partial charge in [-0.05, 0) is 30.7 Å². The molecule has 1 aliphatic heterocycles. The minimum Gasteiger partial charge on any atom is -0.330 e. The van der Waals surface area contributed by atoms with Crippen LogP contribution in [0.3, 0.4) is 0 Å². The molecule has 1 aliphatic rings. The molecule has 144 valence electrons. The Balaban J connectivity index is 1.87. The van der Waals surface area contributed by atoms with Crippen LogP contribution in [-0.2, 0) is 10.3 Å². The largest absolute Gasteiger partial charge is 0.330 e. The summed E-state index contributed by atoms with van der Waals surface area (Å²) in [5, 5.41) is 3.01. The van der Waals surface area contributed by atoms with Gasteiger partial charge in [-0.15, -0.1) is 0 Å². The quantitative estimate of drug-likeness (QED) is 0.701. The standard InChI is InChI=1S/C24H20N2O3/c1-16-8-13-21-20(14-16)24(23(29)26(21)2,19-6-4-3-5-7-19)25-22(28)18-11-9-17(15-27)10-12-18/h3-15H,1-2H3,(H,25,28). The smallest absolute Gasteiger partial charge is 0.261 e. The summed E-state index contributed by atoms with van der Waals surface area (Å²) in [4.78, 5) is 39.2. The first kappa shape index (κ1) is 18.6. The fraction of sp³-hybridized carbons (Fsp3) is 0.125. The maximum Gasteiger partial charge on any atom is 0.261 e. The molecular weight excluding hydrogens is 364 g/mol. The molecule has 5 nitrogen and oxygen atoms in total. The third-order valence-electron chi connectivity index (χ3n) is 5.36. The number of rotatable bonds is 4. The van der Waals surface area contributed by atoms with Crippen LogP contribution >= 0.6 is 0 Å². The number of hydrogen-bond acceptors (Lipinski definition) is 3. The number of carbonyl (C=O) groups excluding carboxylic acids is 3. The number of nitrogens with one attached hydrogen (secondary N) is 1. The molecule has 2 amide bonds. The molecule has 1 N–H and O–H groups in total. The first-order chi connectivity index (χ1) is 14.0. The maximum absolute atomic E-state index is 13.5. The molecular formula is C24H20N2O3. The Labute approximate surface area is 169 Å². The lowest BCUT2D eigenvalue weighted by Crippen LogP contribution is -2.53. The highest BCUT2D eigenvalue weighted by atomic mass is 16.2. The average Bonchev–Trinajstić information content (AvgIpc) is 2.96. The van der Waals surface area contributed by atoms with E-state index in [4.69, 9.17) is 0 Å². The summed E-state index contributed by atoms with van der Waals surface area (Å²) >= 11 is 0. The van der Waals surface area contributed by atoms with Crippen LogP contribution in [0.15, 0.2) is 72.8 Å². The molecule has 0 radical (unpaired) electrons. The first-order valence-electron chi connectivity index (χ1n) is 9.30. The second-order valence-corrected chi connectivity index (χ2v) is 7.19. The first-order valence-corrected chi connectivity index (χ1v) is 9.30. The minimum atomic E-state index is -1.32. The van der Waals surface area contributed by atoms with Gasteiger partial charge in [-0.2, -0.15) is 0 Å². The van der Waals surface area contributed by atoms with Gasteiger partial charge in [-0.25, -0.2) is 0 Å². The number of aldehydes is 1. The van der Waals surface area contributed by atoms with E-state index in [0.717, 1.165) is 23.1 Å². The average molecular weight is 384 g/mol. The normalized spacial score (nSPS) is 17.7. The Morgan fingerprint density at radius 3 is 2.34 bits per heavy atom. The van der Waals surface area contributed by atoms with Crippen molar-refractivity contribution in [2.75, 3.05) is 11.9 Å². The van der Waals surface area contributed by atoms with Gasteiger partial charge in [0.25, 0.3) is 11.8 Å². The predicted molar refractivity (Wildman–Crippen MR) is 111 cm³/mol. The van der Waals surface area contributed by atoms with Gasteiger partial charge in [0, 0.05) is 29.4 Å². The van der Waals surface area contributed by atoms with Crippen LogP contribution < -0.4 is 10.2 Å². The van der Waals surface area contributed by atoms with E-state index < -0.39 is 5.54 Å². The van der Waals surface area contributed by atoms with Gasteiger partial charge in [-0.3, -0.25) is 14.4 Å². The summed E-state index contributed by atoms with van der Waals surface area (Å²) in [6.07, 6.45) is 0.724. The Morgan fingerprint density at radius 1 is 1.00 bits per heavy atom. The number of anilines is 1. The van der Waals surface area contributed by atoms with Crippen molar-refractivity contribution in [2.24, 2.45) is 0 Å². The lowest BCUT2D eigenvalue weighted by atomic mass is 9.83. The number of amides is 2. The molecule has 1 unspecified atom stereocenters. The number of likely N-dealkylation sites (N-methyl/N-ethyl adjacent to an activating group) is 1. The van der Waals surface area contributed by atoms with Gasteiger partial charge in [0.2, 0.25) is 0 Å². The number of hydrogen-bond donors (Lipinski definition) is 1. The van der Waals surface area contributed by atoms with E-state index in [9.17, 15) is 14.4 Å². The molecule has 1 heterocycles. The van der Waals surface area contributed by atoms with Crippen molar-refractivity contribution in [1.82, 2.24) is 5.32 Å². The molecule has 29 heavy (non-hydrogen) atoms. The number of fused-ring (bicyclic) bond motifs is 1. The van der Waals surface area contributed by atoms with Crippen molar-refractivity contribution in [3.05, 3.63) is 101 Å². The van der Waals surface area contributed by atoms with Gasteiger partial charge < -0.3 is 10.2 Å². The van der Waals surface area contributed by atoms with Gasteiger partial charge in [-0.1, -0.05) is 60.2 Å². The lowest BCUT2D eigenvalue weighted by molar-refractivity contribution is -0.122. The summed E-state index contributed by atoms with van der Waals surface area (Å²) in [6, 6.07) is 21.4. The summed E-state index contributed by atoms with van der Waals surface area (Å²) in [6.45, 7) is 1.96. The van der Waals surface area contributed by atoms with E-state index in [2.05, 4.69) is 5.32 Å². The van der Waals surface area contributed by atoms with E-state index in [1.807, 2.05) is 55.5 Å². The van der Waals surface area contributed by atoms with Gasteiger partial charge in [0.05, 0.1) is 0 Å². The van der Waals surface area contributed by atoms with Crippen LogP contribution in [0, 0.1) is 6.92 Å². The fourth-order valence-electron chi connectivity index (χ4n) is 3.83. The van der Waals surface area contributed by atoms with Crippen molar-refractivity contribution in [3.8, 4) is 0 Å². The molecule has 0 aromatic heterocycles. The van der Waals surface area contributed by atoms with Crippen molar-refractivity contribution < 1.29 is 14.4 Å². The van der Waals surface area contributed by atoms with Crippen LogP contribution in [-0.4, -0.2) is 25.1 Å². The highest BCUT2D eigenvalue weighted by Gasteiger charge is 2.52. The molecule has 1 atom stereocenters. The molecule has 4 rings (SSSR count). The summed E-state index contributed by atoms with van der Waals surface area (Å²) in [7, 11) is 1.71. The van der Waals surface area contributed by atoms with Gasteiger partial charge in [0.1, 0.15) is 6.29 Å². The highest BCUT2D eigenvalue weighted by molar-refractivity contribution is 6.12. The Morgan fingerprint density at radius 2 is 1.69 bits per heavy atom. The maximum atomic E-state index is 13.5. The zero-order valence-corrected chi connectivity index (χ0v) is 16.2. The van der Waals surface area contributed by atoms with Gasteiger partial charge in [0.15, 0.2) is 5.54 Å². The zero-order valence-electron chi connectivity index (χ0n) is 16.2. The topological polar surface area (TPSA) is 66.5 Å². The number of carbonyl (C=O) groups is 3. The minimum absolute atomic E-state index is 0.220. The van der Waals surface area contributed by atoms with Crippen molar-refractivity contribution in [1.29, 1.82) is 0 Å². The Hall–Kier alpha value is -3.73. The third kappa shape index (κ3) is 2.91. The second-order valence-electron chi connectivity index (χ2n) is 7.19.